The molecule has 0 radical (unpaired) electrons. The Morgan fingerprint density at radius 1 is 1.32 bits per heavy atom. The van der Waals surface area contributed by atoms with Crippen LogP contribution >= 0.6 is 11.6 Å². The Balaban J connectivity index is 1.86. The summed E-state index contributed by atoms with van der Waals surface area (Å²) in [5.41, 5.74) is 2.19. The molecule has 1 saturated heterocycles. The van der Waals surface area contributed by atoms with Gasteiger partial charge in [-0.15, -0.1) is 0 Å². The molecule has 2 aromatic carbocycles. The van der Waals surface area contributed by atoms with Gasteiger partial charge in [0.05, 0.1) is 10.7 Å². The highest BCUT2D eigenvalue weighted by Gasteiger charge is 2.27. The van der Waals surface area contributed by atoms with Crippen LogP contribution in [0, 0.1) is 5.82 Å². The fourth-order valence-corrected chi connectivity index (χ4v) is 3.18. The maximum atomic E-state index is 13.4. The first-order valence-corrected chi connectivity index (χ1v) is 8.54. The molecule has 0 saturated carbocycles. The third kappa shape index (κ3) is 3.78. The highest BCUT2D eigenvalue weighted by molar-refractivity contribution is 6.31. The van der Waals surface area contributed by atoms with E-state index in [2.05, 4.69) is 0 Å². The fourth-order valence-electron chi connectivity index (χ4n) is 3.00. The maximum absolute atomic E-state index is 13.4. The zero-order chi connectivity index (χ0) is 18.0. The van der Waals surface area contributed by atoms with Crippen LogP contribution in [-0.4, -0.2) is 37.9 Å². The van der Waals surface area contributed by atoms with Gasteiger partial charge in [-0.05, 0) is 43.7 Å². The lowest BCUT2D eigenvalue weighted by molar-refractivity contribution is 0.0315. The molecule has 1 fully saturated rings. The van der Waals surface area contributed by atoms with Gasteiger partial charge in [-0.3, -0.25) is 9.80 Å². The molecule has 0 aliphatic carbocycles. The minimum absolute atomic E-state index is 0.0464. The number of hydrogen-bond donors (Lipinski definition) is 0. The minimum atomic E-state index is -0.472. The smallest absolute Gasteiger partial charge is 0.415 e. The summed E-state index contributed by atoms with van der Waals surface area (Å²) in [5, 5.41) is 0.0464. The van der Waals surface area contributed by atoms with E-state index < -0.39 is 11.9 Å². The Labute approximate surface area is 151 Å². The van der Waals surface area contributed by atoms with Gasteiger partial charge >= 0.3 is 6.09 Å². The van der Waals surface area contributed by atoms with Gasteiger partial charge in [-0.1, -0.05) is 35.9 Å². The summed E-state index contributed by atoms with van der Waals surface area (Å²) in [4.78, 5) is 16.0. The molecule has 3 rings (SSSR count). The first-order chi connectivity index (χ1) is 12.0. The highest BCUT2D eigenvalue weighted by atomic mass is 35.5. The van der Waals surface area contributed by atoms with Crippen LogP contribution in [0.2, 0.25) is 5.02 Å². The Bertz CT molecular complexity index is 784. The summed E-state index contributed by atoms with van der Waals surface area (Å²) in [5.74, 6) is -0.472. The van der Waals surface area contributed by atoms with E-state index in [9.17, 15) is 9.18 Å². The number of hydrogen-bond acceptors (Lipinski definition) is 3. The second kappa shape index (κ2) is 7.42. The molecule has 0 bridgehead atoms. The standard InChI is InChI=1S/C19H20ClFN2O2/c1-22-11-5-8-18(22)25-19(24)23(2)17-7-4-3-6-14(17)13-9-10-16(21)15(20)12-13/h3-4,6-7,9-10,12,18H,5,8,11H2,1-2H3/t18-/m0/s1. The Morgan fingerprint density at radius 2 is 2.08 bits per heavy atom. The maximum Gasteiger partial charge on any atom is 0.415 e. The zero-order valence-electron chi connectivity index (χ0n) is 14.2. The summed E-state index contributed by atoms with van der Waals surface area (Å²) < 4.78 is 19.0. The van der Waals surface area contributed by atoms with Crippen LogP contribution in [0.1, 0.15) is 12.8 Å². The van der Waals surface area contributed by atoms with Gasteiger partial charge in [0.2, 0.25) is 0 Å². The Hall–Kier alpha value is -2.11. The lowest BCUT2D eigenvalue weighted by Crippen LogP contribution is -2.36. The van der Waals surface area contributed by atoms with Crippen LogP contribution in [0.15, 0.2) is 42.5 Å². The minimum Gasteiger partial charge on any atom is -0.430 e. The Morgan fingerprint density at radius 3 is 2.76 bits per heavy atom. The summed E-state index contributed by atoms with van der Waals surface area (Å²) in [7, 11) is 3.61. The number of amides is 1. The molecule has 0 unspecified atom stereocenters. The molecular formula is C19H20ClFN2O2. The molecule has 1 aliphatic heterocycles. The first kappa shape index (κ1) is 17.7. The number of halogens is 2. The van der Waals surface area contributed by atoms with Crippen LogP contribution in [0.5, 0.6) is 0 Å². The molecule has 0 spiro atoms. The van der Waals surface area contributed by atoms with Gasteiger partial charge in [-0.25, -0.2) is 9.18 Å². The van der Waals surface area contributed by atoms with Gasteiger partial charge < -0.3 is 4.74 Å². The number of benzene rings is 2. The van der Waals surface area contributed by atoms with Crippen molar-refractivity contribution in [2.24, 2.45) is 0 Å². The average Bonchev–Trinajstić information content (AvgIpc) is 3.01. The summed E-state index contributed by atoms with van der Waals surface area (Å²) in [6.45, 7) is 0.923. The molecule has 1 heterocycles. The van der Waals surface area contributed by atoms with E-state index in [1.54, 1.807) is 19.2 Å². The molecule has 1 atom stereocenters. The van der Waals surface area contributed by atoms with Gasteiger partial charge in [0, 0.05) is 19.2 Å². The van der Waals surface area contributed by atoms with Gasteiger partial charge in [-0.2, -0.15) is 0 Å². The Kier molecular flexibility index (Phi) is 5.25. The van der Waals surface area contributed by atoms with Crippen molar-refractivity contribution >= 4 is 23.4 Å². The zero-order valence-corrected chi connectivity index (χ0v) is 15.0. The lowest BCUT2D eigenvalue weighted by Gasteiger charge is -2.25. The van der Waals surface area contributed by atoms with E-state index in [0.29, 0.717) is 5.69 Å². The van der Waals surface area contributed by atoms with Gasteiger partial charge in [0.1, 0.15) is 5.82 Å². The normalized spacial score (nSPS) is 17.5. The SMILES string of the molecule is CN(C(=O)O[C@H]1CCCN1C)c1ccccc1-c1ccc(F)c(Cl)c1. The number of rotatable bonds is 3. The number of para-hydroxylation sites is 1. The molecule has 132 valence electrons. The van der Waals surface area contributed by atoms with Crippen LogP contribution in [0.25, 0.3) is 11.1 Å². The number of likely N-dealkylation sites (tertiary alicyclic amines) is 1. The van der Waals surface area contributed by atoms with E-state index in [1.807, 2.05) is 36.2 Å². The van der Waals surface area contributed by atoms with E-state index >= 15 is 0 Å². The van der Waals surface area contributed by atoms with Crippen LogP contribution in [0.3, 0.4) is 0 Å². The van der Waals surface area contributed by atoms with Crippen molar-refractivity contribution in [2.75, 3.05) is 25.5 Å². The number of nitrogens with zero attached hydrogens (tertiary/aromatic N) is 2. The molecule has 4 nitrogen and oxygen atoms in total. The number of carbonyl (C=O) groups is 1. The topological polar surface area (TPSA) is 32.8 Å². The molecule has 1 aliphatic rings. The van der Waals surface area contributed by atoms with Crippen molar-refractivity contribution in [2.45, 2.75) is 19.1 Å². The predicted molar refractivity (Wildman–Crippen MR) is 97.4 cm³/mol. The second-order valence-electron chi connectivity index (χ2n) is 6.17. The lowest BCUT2D eigenvalue weighted by atomic mass is 10.0. The quantitative estimate of drug-likeness (QED) is 0.788. The number of ether oxygens (including phenoxy) is 1. The van der Waals surface area contributed by atoms with E-state index in [0.717, 1.165) is 30.5 Å². The largest absolute Gasteiger partial charge is 0.430 e. The molecule has 0 aromatic heterocycles. The molecule has 1 amide bonds. The number of carbonyl (C=O) groups excluding carboxylic acids is 1. The van der Waals surface area contributed by atoms with Gasteiger partial charge in [0.25, 0.3) is 0 Å². The predicted octanol–water partition coefficient (Wildman–Crippen LogP) is 4.77. The van der Waals surface area contributed by atoms with Crippen LogP contribution < -0.4 is 4.90 Å². The van der Waals surface area contributed by atoms with Gasteiger partial charge in [0.15, 0.2) is 6.23 Å². The van der Waals surface area contributed by atoms with Crippen molar-refractivity contribution in [3.63, 3.8) is 0 Å². The summed E-state index contributed by atoms with van der Waals surface area (Å²) in [6.07, 6.45) is 1.25. The van der Waals surface area contributed by atoms with E-state index in [1.165, 1.54) is 11.0 Å². The van der Waals surface area contributed by atoms with E-state index in [-0.39, 0.29) is 11.3 Å². The first-order valence-electron chi connectivity index (χ1n) is 8.16. The van der Waals surface area contributed by atoms with Crippen LogP contribution in [0.4, 0.5) is 14.9 Å². The van der Waals surface area contributed by atoms with Crippen molar-refractivity contribution in [1.82, 2.24) is 4.90 Å². The van der Waals surface area contributed by atoms with Crippen molar-refractivity contribution < 1.29 is 13.9 Å². The fraction of sp³-hybridized carbons (Fsp3) is 0.316. The third-order valence-corrected chi connectivity index (χ3v) is 4.75. The summed E-state index contributed by atoms with van der Waals surface area (Å²) in [6, 6.07) is 11.9. The van der Waals surface area contributed by atoms with Crippen molar-refractivity contribution in [3.05, 3.63) is 53.3 Å². The van der Waals surface area contributed by atoms with E-state index in [4.69, 9.17) is 16.3 Å². The number of anilines is 1. The third-order valence-electron chi connectivity index (χ3n) is 4.46. The van der Waals surface area contributed by atoms with Crippen molar-refractivity contribution in [1.29, 1.82) is 0 Å². The highest BCUT2D eigenvalue weighted by Crippen LogP contribution is 2.33. The monoisotopic (exact) mass is 362 g/mol. The average molecular weight is 363 g/mol. The molecular weight excluding hydrogens is 343 g/mol. The molecule has 2 aromatic rings. The molecule has 25 heavy (non-hydrogen) atoms. The van der Waals surface area contributed by atoms with Crippen LogP contribution in [-0.2, 0) is 4.74 Å². The van der Waals surface area contributed by atoms with Crippen molar-refractivity contribution in [3.8, 4) is 11.1 Å². The summed E-state index contributed by atoms with van der Waals surface area (Å²) >= 11 is 5.90. The molecule has 6 heteroatoms. The molecule has 0 N–H and O–H groups in total. The second-order valence-corrected chi connectivity index (χ2v) is 6.57.